The van der Waals surface area contributed by atoms with E-state index in [9.17, 15) is 9.59 Å². The smallest absolute Gasteiger partial charge is 0.340 e. The number of halogens is 1. The lowest BCUT2D eigenvalue weighted by molar-refractivity contribution is -0.130. The molecular formula is C17H23BrN2O3. The van der Waals surface area contributed by atoms with Crippen molar-refractivity contribution in [3.8, 4) is 0 Å². The predicted molar refractivity (Wildman–Crippen MR) is 90.9 cm³/mol. The minimum absolute atomic E-state index is 0.153. The predicted octanol–water partition coefficient (Wildman–Crippen LogP) is 3.33. The normalized spacial score (nSPS) is 25.5. The molecule has 0 aliphatic heterocycles. The molecule has 2 rings (SSSR count). The Hall–Kier alpha value is -1.43. The van der Waals surface area contributed by atoms with Gasteiger partial charge >= 0.3 is 5.97 Å². The molecule has 1 aliphatic carbocycles. The van der Waals surface area contributed by atoms with E-state index in [1.165, 1.54) is 12.6 Å². The Kier molecular flexibility index (Phi) is 6.16. The number of aromatic nitrogens is 1. The number of hydrogen-bond donors (Lipinski definition) is 1. The quantitative estimate of drug-likeness (QED) is 0.810. The Morgan fingerprint density at radius 1 is 1.35 bits per heavy atom. The number of carbonyl (C=O) groups excluding carboxylic acids is 2. The molecule has 1 amide bonds. The van der Waals surface area contributed by atoms with Gasteiger partial charge in [0.1, 0.15) is 0 Å². The van der Waals surface area contributed by atoms with Crippen molar-refractivity contribution in [2.75, 3.05) is 0 Å². The lowest BCUT2D eigenvalue weighted by Gasteiger charge is -2.35. The molecule has 5 nitrogen and oxygen atoms in total. The van der Waals surface area contributed by atoms with Crippen LogP contribution in [-0.4, -0.2) is 29.0 Å². The third kappa shape index (κ3) is 4.77. The molecule has 1 aliphatic rings. The van der Waals surface area contributed by atoms with Gasteiger partial charge in [0.15, 0.2) is 6.10 Å². The largest absolute Gasteiger partial charge is 0.449 e. The van der Waals surface area contributed by atoms with Crippen molar-refractivity contribution in [3.63, 3.8) is 0 Å². The van der Waals surface area contributed by atoms with E-state index in [2.05, 4.69) is 40.1 Å². The van der Waals surface area contributed by atoms with Crippen LogP contribution >= 0.6 is 15.9 Å². The van der Waals surface area contributed by atoms with Crippen molar-refractivity contribution in [3.05, 3.63) is 28.5 Å². The number of pyridine rings is 1. The van der Waals surface area contributed by atoms with Gasteiger partial charge in [-0.2, -0.15) is 0 Å². The van der Waals surface area contributed by atoms with E-state index >= 15 is 0 Å². The number of ether oxygens (including phenoxy) is 1. The van der Waals surface area contributed by atoms with Gasteiger partial charge in [0, 0.05) is 22.9 Å². The molecule has 0 aromatic carbocycles. The minimum Gasteiger partial charge on any atom is -0.449 e. The van der Waals surface area contributed by atoms with Crippen LogP contribution in [0.15, 0.2) is 22.9 Å². The van der Waals surface area contributed by atoms with E-state index in [0.717, 1.165) is 12.8 Å². The van der Waals surface area contributed by atoms with Gasteiger partial charge in [-0.05, 0) is 47.2 Å². The van der Waals surface area contributed by atoms with Gasteiger partial charge in [0.05, 0.1) is 5.56 Å². The van der Waals surface area contributed by atoms with Gasteiger partial charge in [0.25, 0.3) is 5.91 Å². The Morgan fingerprint density at radius 3 is 2.78 bits per heavy atom. The zero-order chi connectivity index (χ0) is 17.0. The first kappa shape index (κ1) is 17.9. The molecule has 0 bridgehead atoms. The average Bonchev–Trinajstić information content (AvgIpc) is 2.51. The van der Waals surface area contributed by atoms with Crippen molar-refractivity contribution < 1.29 is 14.3 Å². The van der Waals surface area contributed by atoms with Crippen molar-refractivity contribution in [1.29, 1.82) is 0 Å². The maximum Gasteiger partial charge on any atom is 0.340 e. The highest BCUT2D eigenvalue weighted by molar-refractivity contribution is 9.10. The molecule has 1 fully saturated rings. The Morgan fingerprint density at radius 2 is 2.09 bits per heavy atom. The van der Waals surface area contributed by atoms with Crippen LogP contribution in [0.25, 0.3) is 0 Å². The molecule has 23 heavy (non-hydrogen) atoms. The minimum atomic E-state index is -0.828. The summed E-state index contributed by atoms with van der Waals surface area (Å²) < 4.78 is 5.93. The van der Waals surface area contributed by atoms with E-state index in [1.807, 2.05) is 0 Å². The standard InChI is InChI=1S/C17H23BrN2O3/c1-10-5-4-6-15(11(10)2)20-16(21)12(3)23-17(22)13-7-14(18)9-19-8-13/h7-12,15H,4-6H2,1-3H3,(H,20,21)/t10-,11+,12+,15+/m0/s1. The zero-order valence-electron chi connectivity index (χ0n) is 13.7. The molecule has 1 aromatic heterocycles. The summed E-state index contributed by atoms with van der Waals surface area (Å²) in [5, 5.41) is 3.03. The molecule has 0 radical (unpaired) electrons. The second-order valence-corrected chi connectivity index (χ2v) is 7.24. The molecule has 1 heterocycles. The van der Waals surface area contributed by atoms with Crippen molar-refractivity contribution in [2.24, 2.45) is 11.8 Å². The second-order valence-electron chi connectivity index (χ2n) is 6.32. The van der Waals surface area contributed by atoms with Gasteiger partial charge in [-0.1, -0.05) is 26.7 Å². The Labute approximate surface area is 145 Å². The summed E-state index contributed by atoms with van der Waals surface area (Å²) in [6, 6.07) is 1.77. The van der Waals surface area contributed by atoms with Crippen LogP contribution in [-0.2, 0) is 9.53 Å². The summed E-state index contributed by atoms with van der Waals surface area (Å²) >= 11 is 3.25. The van der Waals surface area contributed by atoms with Gasteiger partial charge in [-0.25, -0.2) is 4.79 Å². The highest BCUT2D eigenvalue weighted by atomic mass is 79.9. The molecule has 0 unspecified atom stereocenters. The van der Waals surface area contributed by atoms with E-state index < -0.39 is 12.1 Å². The fourth-order valence-electron chi connectivity index (χ4n) is 2.89. The fraction of sp³-hybridized carbons (Fsp3) is 0.588. The third-order valence-corrected chi connectivity index (χ3v) is 5.06. The monoisotopic (exact) mass is 382 g/mol. The maximum atomic E-state index is 12.3. The topological polar surface area (TPSA) is 68.3 Å². The summed E-state index contributed by atoms with van der Waals surface area (Å²) in [6.07, 6.45) is 5.47. The molecule has 0 saturated heterocycles. The van der Waals surface area contributed by atoms with Crippen LogP contribution in [0.3, 0.4) is 0 Å². The summed E-state index contributed by atoms with van der Waals surface area (Å²) in [7, 11) is 0. The molecule has 1 N–H and O–H groups in total. The van der Waals surface area contributed by atoms with Gasteiger partial charge in [0.2, 0.25) is 0 Å². The van der Waals surface area contributed by atoms with E-state index in [1.54, 1.807) is 19.2 Å². The summed E-state index contributed by atoms with van der Waals surface area (Å²) in [5.41, 5.74) is 0.318. The Bertz CT molecular complexity index is 579. The number of carbonyl (C=O) groups is 2. The second kappa shape index (κ2) is 7.90. The van der Waals surface area contributed by atoms with Crippen LogP contribution in [0.4, 0.5) is 0 Å². The highest BCUT2D eigenvalue weighted by Gasteiger charge is 2.30. The first-order valence-corrected chi connectivity index (χ1v) is 8.79. The van der Waals surface area contributed by atoms with Crippen molar-refractivity contribution in [1.82, 2.24) is 10.3 Å². The molecule has 4 atom stereocenters. The number of rotatable bonds is 4. The SMILES string of the molecule is C[C@@H]1[C@@H](C)CCC[C@H]1NC(=O)[C@@H](C)OC(=O)c1cncc(Br)c1. The zero-order valence-corrected chi connectivity index (χ0v) is 15.3. The van der Waals surface area contributed by atoms with Gasteiger partial charge < -0.3 is 10.1 Å². The summed E-state index contributed by atoms with van der Waals surface area (Å²) in [6.45, 7) is 5.97. The number of amides is 1. The van der Waals surface area contributed by atoms with Gasteiger partial charge in [-0.3, -0.25) is 9.78 Å². The van der Waals surface area contributed by atoms with E-state index in [0.29, 0.717) is 21.9 Å². The van der Waals surface area contributed by atoms with Crippen LogP contribution in [0.2, 0.25) is 0 Å². The summed E-state index contributed by atoms with van der Waals surface area (Å²) in [5.74, 6) is 0.239. The number of nitrogens with one attached hydrogen (secondary N) is 1. The average molecular weight is 383 g/mol. The first-order valence-electron chi connectivity index (χ1n) is 8.00. The molecule has 1 aromatic rings. The molecule has 1 saturated carbocycles. The molecule has 126 valence electrons. The van der Waals surface area contributed by atoms with Crippen LogP contribution in [0.5, 0.6) is 0 Å². The number of hydrogen-bond acceptors (Lipinski definition) is 4. The lowest BCUT2D eigenvalue weighted by Crippen LogP contribution is -2.47. The highest BCUT2D eigenvalue weighted by Crippen LogP contribution is 2.29. The fourth-order valence-corrected chi connectivity index (χ4v) is 3.26. The van der Waals surface area contributed by atoms with Crippen LogP contribution in [0, 0.1) is 11.8 Å². The molecular weight excluding hydrogens is 360 g/mol. The number of esters is 1. The van der Waals surface area contributed by atoms with Crippen LogP contribution < -0.4 is 5.32 Å². The van der Waals surface area contributed by atoms with Gasteiger partial charge in [-0.15, -0.1) is 0 Å². The summed E-state index contributed by atoms with van der Waals surface area (Å²) in [4.78, 5) is 28.3. The van der Waals surface area contributed by atoms with E-state index in [-0.39, 0.29) is 11.9 Å². The third-order valence-electron chi connectivity index (χ3n) is 4.63. The molecule has 0 spiro atoms. The Balaban J connectivity index is 1.91. The first-order chi connectivity index (χ1) is 10.9. The van der Waals surface area contributed by atoms with Crippen molar-refractivity contribution in [2.45, 2.75) is 52.2 Å². The van der Waals surface area contributed by atoms with E-state index in [4.69, 9.17) is 4.74 Å². The molecule has 6 heteroatoms. The maximum absolute atomic E-state index is 12.3. The van der Waals surface area contributed by atoms with Crippen molar-refractivity contribution >= 4 is 27.8 Å². The van der Waals surface area contributed by atoms with Crippen LogP contribution in [0.1, 0.15) is 50.4 Å². The lowest BCUT2D eigenvalue weighted by atomic mass is 9.78. The number of nitrogens with zero attached hydrogens (tertiary/aromatic N) is 1.